The van der Waals surface area contributed by atoms with Gasteiger partial charge in [0.15, 0.2) is 5.96 Å². The molecule has 0 amide bonds. The third kappa shape index (κ3) is 4.38. The van der Waals surface area contributed by atoms with Gasteiger partial charge in [-0.25, -0.2) is 14.7 Å². The van der Waals surface area contributed by atoms with Gasteiger partial charge in [0, 0.05) is 19.0 Å². The Morgan fingerprint density at radius 3 is 2.84 bits per heavy atom. The van der Waals surface area contributed by atoms with Crippen LogP contribution in [0, 0.1) is 6.92 Å². The fourth-order valence-corrected chi connectivity index (χ4v) is 3.29. The smallest absolute Gasteiger partial charge is 0.191 e. The minimum absolute atomic E-state index is 0.327. The number of guanidine groups is 1. The molecule has 0 fully saturated rings. The monoisotopic (exact) mass is 340 g/mol. The van der Waals surface area contributed by atoms with E-state index < -0.39 is 0 Å². The zero-order valence-corrected chi connectivity index (χ0v) is 15.4. The number of fused-ring (bicyclic) bond motifs is 1. The highest BCUT2D eigenvalue weighted by Gasteiger charge is 2.21. The Hall–Kier alpha value is -2.37. The second kappa shape index (κ2) is 8.14. The van der Waals surface area contributed by atoms with E-state index in [1.165, 1.54) is 11.1 Å². The van der Waals surface area contributed by atoms with E-state index in [2.05, 4.69) is 58.8 Å². The summed E-state index contributed by atoms with van der Waals surface area (Å²) in [5.74, 6) is 2.82. The number of benzene rings is 1. The molecule has 0 bridgehead atoms. The van der Waals surface area contributed by atoms with E-state index in [0.717, 1.165) is 50.0 Å². The summed E-state index contributed by atoms with van der Waals surface area (Å²) in [6, 6.07) is 8.85. The first-order valence-corrected chi connectivity index (χ1v) is 9.21. The van der Waals surface area contributed by atoms with Crippen LogP contribution in [0.1, 0.15) is 43.0 Å². The average molecular weight is 340 g/mol. The van der Waals surface area contributed by atoms with Crippen LogP contribution in [-0.4, -0.2) is 33.3 Å². The Bertz CT molecular complexity index is 733. The zero-order chi connectivity index (χ0) is 17.6. The zero-order valence-electron chi connectivity index (χ0n) is 15.4. The first-order chi connectivity index (χ1) is 12.2. The molecule has 6 nitrogen and oxygen atoms in total. The van der Waals surface area contributed by atoms with Gasteiger partial charge in [-0.05, 0) is 37.8 Å². The van der Waals surface area contributed by atoms with Crippen LogP contribution >= 0.6 is 0 Å². The van der Waals surface area contributed by atoms with Crippen molar-refractivity contribution >= 4 is 5.96 Å². The van der Waals surface area contributed by atoms with Crippen molar-refractivity contribution in [3.8, 4) is 0 Å². The molecule has 0 radical (unpaired) electrons. The van der Waals surface area contributed by atoms with Crippen LogP contribution in [0.25, 0.3) is 0 Å². The molecule has 1 aliphatic rings. The van der Waals surface area contributed by atoms with Gasteiger partial charge in [0.25, 0.3) is 0 Å². The number of aromatic nitrogens is 3. The van der Waals surface area contributed by atoms with E-state index in [4.69, 9.17) is 4.99 Å². The second-order valence-electron chi connectivity index (χ2n) is 6.45. The van der Waals surface area contributed by atoms with Crippen LogP contribution in [0.15, 0.2) is 29.3 Å². The molecule has 2 heterocycles. The largest absolute Gasteiger partial charge is 0.357 e. The summed E-state index contributed by atoms with van der Waals surface area (Å²) in [5, 5.41) is 11.4. The quantitative estimate of drug-likeness (QED) is 0.647. The molecule has 25 heavy (non-hydrogen) atoms. The molecule has 0 saturated heterocycles. The van der Waals surface area contributed by atoms with Crippen molar-refractivity contribution in [1.29, 1.82) is 0 Å². The van der Waals surface area contributed by atoms with Crippen molar-refractivity contribution in [3.05, 3.63) is 47.0 Å². The predicted octanol–water partition coefficient (Wildman–Crippen LogP) is 2.22. The van der Waals surface area contributed by atoms with Crippen molar-refractivity contribution in [1.82, 2.24) is 25.4 Å². The highest BCUT2D eigenvalue weighted by molar-refractivity contribution is 5.80. The van der Waals surface area contributed by atoms with E-state index in [-0.39, 0.29) is 0 Å². The standard InChI is InChI=1S/C19H28N6/c1-4-15-8-6-7-9-16(15)12-21-19(20-5-2)23-17-10-11-18-22-14(3)24-25(18)13-17/h6-9,17H,4-5,10-13H2,1-3H3,(H2,20,21,23). The molecular formula is C19H28N6. The van der Waals surface area contributed by atoms with Crippen LogP contribution in [0.3, 0.4) is 0 Å². The summed E-state index contributed by atoms with van der Waals surface area (Å²) in [5.41, 5.74) is 2.66. The summed E-state index contributed by atoms with van der Waals surface area (Å²) in [4.78, 5) is 9.27. The molecule has 3 rings (SSSR count). The van der Waals surface area contributed by atoms with E-state index in [0.29, 0.717) is 12.6 Å². The van der Waals surface area contributed by atoms with Crippen molar-refractivity contribution in [2.24, 2.45) is 4.99 Å². The van der Waals surface area contributed by atoms with Gasteiger partial charge in [0.1, 0.15) is 11.6 Å². The molecule has 0 aliphatic carbocycles. The third-order valence-corrected chi connectivity index (χ3v) is 4.56. The molecule has 2 N–H and O–H groups in total. The Kier molecular flexibility index (Phi) is 5.68. The van der Waals surface area contributed by atoms with E-state index >= 15 is 0 Å². The fraction of sp³-hybridized carbons (Fsp3) is 0.526. The second-order valence-corrected chi connectivity index (χ2v) is 6.45. The summed E-state index contributed by atoms with van der Waals surface area (Å²) in [6.45, 7) is 8.61. The maximum absolute atomic E-state index is 4.80. The van der Waals surface area contributed by atoms with Crippen LogP contribution in [0.2, 0.25) is 0 Å². The van der Waals surface area contributed by atoms with Gasteiger partial charge in [-0.1, -0.05) is 31.2 Å². The average Bonchev–Trinajstić information content (AvgIpc) is 2.99. The van der Waals surface area contributed by atoms with Crippen molar-refractivity contribution in [2.45, 2.75) is 59.2 Å². The maximum Gasteiger partial charge on any atom is 0.191 e. The van der Waals surface area contributed by atoms with Crippen LogP contribution in [0.5, 0.6) is 0 Å². The highest BCUT2D eigenvalue weighted by Crippen LogP contribution is 2.13. The maximum atomic E-state index is 4.80. The number of nitrogens with one attached hydrogen (secondary N) is 2. The molecule has 1 atom stereocenters. The van der Waals surface area contributed by atoms with E-state index in [9.17, 15) is 0 Å². The Labute approximate surface area is 149 Å². The number of aliphatic imine (C=N–C) groups is 1. The first kappa shape index (κ1) is 17.5. The van der Waals surface area contributed by atoms with Crippen LogP contribution in [0.4, 0.5) is 0 Å². The van der Waals surface area contributed by atoms with E-state index in [1.54, 1.807) is 0 Å². The summed E-state index contributed by atoms with van der Waals surface area (Å²) < 4.78 is 2.02. The van der Waals surface area contributed by atoms with Gasteiger partial charge in [-0.2, -0.15) is 5.10 Å². The number of nitrogens with zero attached hydrogens (tertiary/aromatic N) is 4. The van der Waals surface area contributed by atoms with Gasteiger partial charge < -0.3 is 10.6 Å². The Balaban J connectivity index is 1.67. The van der Waals surface area contributed by atoms with Crippen molar-refractivity contribution in [2.75, 3.05) is 6.54 Å². The lowest BCUT2D eigenvalue weighted by molar-refractivity contribution is 0.392. The molecule has 2 aromatic rings. The van der Waals surface area contributed by atoms with Gasteiger partial charge >= 0.3 is 0 Å². The van der Waals surface area contributed by atoms with E-state index in [1.807, 2.05) is 11.6 Å². The Morgan fingerprint density at radius 2 is 2.08 bits per heavy atom. The summed E-state index contributed by atoms with van der Waals surface area (Å²) >= 11 is 0. The lowest BCUT2D eigenvalue weighted by atomic mass is 10.1. The molecule has 1 unspecified atom stereocenters. The minimum atomic E-state index is 0.327. The lowest BCUT2D eigenvalue weighted by Crippen LogP contribution is -2.47. The summed E-state index contributed by atoms with van der Waals surface area (Å²) in [7, 11) is 0. The molecule has 0 spiro atoms. The number of aryl methyl sites for hydroxylation is 3. The predicted molar refractivity (Wildman–Crippen MR) is 101 cm³/mol. The van der Waals surface area contributed by atoms with Gasteiger partial charge in [0.05, 0.1) is 13.1 Å². The third-order valence-electron chi connectivity index (χ3n) is 4.56. The SMILES string of the molecule is CCNC(=NCc1ccccc1CC)NC1CCc2nc(C)nn2C1. The highest BCUT2D eigenvalue weighted by atomic mass is 15.4. The molecule has 0 saturated carbocycles. The molecule has 1 aromatic carbocycles. The lowest BCUT2D eigenvalue weighted by Gasteiger charge is -2.25. The van der Waals surface area contributed by atoms with Gasteiger partial charge in [-0.15, -0.1) is 0 Å². The van der Waals surface area contributed by atoms with Crippen LogP contribution in [-0.2, 0) is 25.9 Å². The number of hydrogen-bond donors (Lipinski definition) is 2. The fourth-order valence-electron chi connectivity index (χ4n) is 3.29. The normalized spacial score (nSPS) is 17.2. The van der Waals surface area contributed by atoms with Crippen molar-refractivity contribution < 1.29 is 0 Å². The molecular weight excluding hydrogens is 312 g/mol. The number of hydrogen-bond acceptors (Lipinski definition) is 3. The van der Waals surface area contributed by atoms with Crippen LogP contribution < -0.4 is 10.6 Å². The number of rotatable bonds is 5. The summed E-state index contributed by atoms with van der Waals surface area (Å²) in [6.07, 6.45) is 3.04. The minimum Gasteiger partial charge on any atom is -0.357 e. The Morgan fingerprint density at radius 1 is 1.28 bits per heavy atom. The van der Waals surface area contributed by atoms with Crippen molar-refractivity contribution in [3.63, 3.8) is 0 Å². The molecule has 6 heteroatoms. The molecule has 1 aliphatic heterocycles. The molecule has 134 valence electrons. The topological polar surface area (TPSA) is 67.1 Å². The molecule has 1 aromatic heterocycles. The van der Waals surface area contributed by atoms with Gasteiger partial charge in [0.2, 0.25) is 0 Å². The first-order valence-electron chi connectivity index (χ1n) is 9.21. The van der Waals surface area contributed by atoms with Gasteiger partial charge in [-0.3, -0.25) is 0 Å².